The van der Waals surface area contributed by atoms with Gasteiger partial charge in [0, 0.05) is 4.88 Å². The van der Waals surface area contributed by atoms with Crippen LogP contribution in [0.1, 0.15) is 55.2 Å². The van der Waals surface area contributed by atoms with Gasteiger partial charge in [0.25, 0.3) is 0 Å². The lowest BCUT2D eigenvalue weighted by Gasteiger charge is -2.55. The van der Waals surface area contributed by atoms with Gasteiger partial charge in [-0.25, -0.2) is 0 Å². The summed E-state index contributed by atoms with van der Waals surface area (Å²) in [4.78, 5) is 14.7. The van der Waals surface area contributed by atoms with Crippen LogP contribution in [0.2, 0.25) is 0 Å². The van der Waals surface area contributed by atoms with E-state index in [4.69, 9.17) is 0 Å². The molecule has 0 radical (unpaired) electrons. The number of carbonyl (C=O) groups excluding carboxylic acids is 1. The van der Waals surface area contributed by atoms with E-state index in [1.807, 2.05) is 0 Å². The summed E-state index contributed by atoms with van der Waals surface area (Å²) < 4.78 is 0. The standard InChI is InChI=1S/C24H24N2OS/c25-13-20-19-6-5-17-3-1-2-4-18(17)21(19)28-22(20)26-23(27)24-10-14-7-15(11-24)9-16(8-14)12-24/h1-4,14-16H,5-12H2,(H,26,27). The Hall–Kier alpha value is -2.12. The number of carbonyl (C=O) groups is 1. The number of aryl methyl sites for hydroxylation is 1. The van der Waals surface area contributed by atoms with Gasteiger partial charge in [0.2, 0.25) is 5.91 Å². The van der Waals surface area contributed by atoms with Crippen molar-refractivity contribution in [1.82, 2.24) is 0 Å². The van der Waals surface area contributed by atoms with Crippen molar-refractivity contribution >= 4 is 22.2 Å². The molecule has 1 aromatic carbocycles. The monoisotopic (exact) mass is 388 g/mol. The van der Waals surface area contributed by atoms with Crippen LogP contribution < -0.4 is 5.32 Å². The van der Waals surface area contributed by atoms with E-state index in [9.17, 15) is 10.1 Å². The SMILES string of the molecule is N#Cc1c(NC(=O)C23CC4CC(CC(C4)C2)C3)sc2c1CCc1ccccc1-2. The smallest absolute Gasteiger partial charge is 0.231 e. The Morgan fingerprint density at radius 2 is 1.75 bits per heavy atom. The normalized spacial score (nSPS) is 31.8. The number of amides is 1. The number of anilines is 1. The zero-order valence-corrected chi connectivity index (χ0v) is 16.8. The van der Waals surface area contributed by atoms with Gasteiger partial charge in [-0.3, -0.25) is 4.79 Å². The maximum atomic E-state index is 13.5. The van der Waals surface area contributed by atoms with Gasteiger partial charge in [-0.1, -0.05) is 24.3 Å². The molecule has 1 heterocycles. The molecule has 0 aliphatic heterocycles. The first kappa shape index (κ1) is 16.8. The highest BCUT2D eigenvalue weighted by molar-refractivity contribution is 7.20. The highest BCUT2D eigenvalue weighted by Crippen LogP contribution is 2.60. The number of nitrogens with zero attached hydrogens (tertiary/aromatic N) is 1. The summed E-state index contributed by atoms with van der Waals surface area (Å²) in [6.45, 7) is 0. The molecule has 4 bridgehead atoms. The van der Waals surface area contributed by atoms with Crippen LogP contribution in [0, 0.1) is 34.5 Å². The number of benzene rings is 1. The first-order valence-electron chi connectivity index (χ1n) is 10.6. The Morgan fingerprint density at radius 1 is 1.07 bits per heavy atom. The third-order valence-electron chi connectivity index (χ3n) is 7.77. The molecule has 4 saturated carbocycles. The molecule has 2 aromatic rings. The number of fused-ring (bicyclic) bond motifs is 3. The molecule has 1 aromatic heterocycles. The number of hydrogen-bond donors (Lipinski definition) is 1. The van der Waals surface area contributed by atoms with Gasteiger partial charge in [0.15, 0.2) is 0 Å². The molecule has 0 spiro atoms. The molecule has 0 unspecified atom stereocenters. The maximum absolute atomic E-state index is 13.5. The predicted molar refractivity (Wildman–Crippen MR) is 111 cm³/mol. The minimum Gasteiger partial charge on any atom is -0.316 e. The van der Waals surface area contributed by atoms with Gasteiger partial charge in [0.05, 0.1) is 11.0 Å². The van der Waals surface area contributed by atoms with E-state index in [0.717, 1.165) is 60.4 Å². The van der Waals surface area contributed by atoms with E-state index in [-0.39, 0.29) is 11.3 Å². The molecule has 3 nitrogen and oxygen atoms in total. The van der Waals surface area contributed by atoms with Crippen molar-refractivity contribution < 1.29 is 4.79 Å². The van der Waals surface area contributed by atoms with Crippen molar-refractivity contribution in [1.29, 1.82) is 5.26 Å². The number of rotatable bonds is 2. The molecule has 7 rings (SSSR count). The average molecular weight is 389 g/mol. The first-order valence-corrected chi connectivity index (χ1v) is 11.4. The van der Waals surface area contributed by atoms with E-state index < -0.39 is 0 Å². The lowest BCUT2D eigenvalue weighted by Crippen LogP contribution is -2.51. The Labute approximate surface area is 169 Å². The largest absolute Gasteiger partial charge is 0.316 e. The summed E-state index contributed by atoms with van der Waals surface area (Å²) in [6, 6.07) is 10.9. The quantitative estimate of drug-likeness (QED) is 0.734. The average Bonchev–Trinajstić information content (AvgIpc) is 3.04. The summed E-state index contributed by atoms with van der Waals surface area (Å²) in [6.07, 6.45) is 9.03. The second-order valence-electron chi connectivity index (χ2n) is 9.53. The van der Waals surface area contributed by atoms with Crippen molar-refractivity contribution in [3.05, 3.63) is 41.0 Å². The summed E-state index contributed by atoms with van der Waals surface area (Å²) in [5.41, 5.74) is 4.24. The Balaban J connectivity index is 1.35. The molecule has 0 atom stereocenters. The summed E-state index contributed by atoms with van der Waals surface area (Å²) in [5, 5.41) is 13.9. The van der Waals surface area contributed by atoms with Gasteiger partial charge in [0.1, 0.15) is 11.1 Å². The fourth-order valence-corrected chi connectivity index (χ4v) is 8.23. The molecule has 28 heavy (non-hydrogen) atoms. The number of nitrogens with one attached hydrogen (secondary N) is 1. The molecule has 1 N–H and O–H groups in total. The second-order valence-corrected chi connectivity index (χ2v) is 10.6. The van der Waals surface area contributed by atoms with E-state index in [1.165, 1.54) is 35.3 Å². The van der Waals surface area contributed by atoms with Crippen LogP contribution in [0.25, 0.3) is 10.4 Å². The zero-order chi connectivity index (χ0) is 18.9. The minimum atomic E-state index is -0.177. The molecule has 1 amide bonds. The second kappa shape index (κ2) is 5.94. The maximum Gasteiger partial charge on any atom is 0.231 e. The van der Waals surface area contributed by atoms with Crippen molar-refractivity contribution in [2.24, 2.45) is 23.2 Å². The van der Waals surface area contributed by atoms with Gasteiger partial charge >= 0.3 is 0 Å². The molecule has 5 aliphatic carbocycles. The van der Waals surface area contributed by atoms with E-state index >= 15 is 0 Å². The fourth-order valence-electron chi connectivity index (χ4n) is 6.97. The van der Waals surface area contributed by atoms with Crippen molar-refractivity contribution in [3.8, 4) is 16.5 Å². The zero-order valence-electron chi connectivity index (χ0n) is 16.0. The fraction of sp³-hybridized carbons (Fsp3) is 0.500. The van der Waals surface area contributed by atoms with E-state index in [1.54, 1.807) is 11.3 Å². The van der Waals surface area contributed by atoms with Gasteiger partial charge < -0.3 is 5.32 Å². The van der Waals surface area contributed by atoms with E-state index in [2.05, 4.69) is 35.7 Å². The number of hydrogen-bond acceptors (Lipinski definition) is 3. The van der Waals surface area contributed by atoms with Crippen molar-refractivity contribution in [2.45, 2.75) is 51.4 Å². The van der Waals surface area contributed by atoms with Crippen LogP contribution in [0.4, 0.5) is 5.00 Å². The number of nitriles is 1. The van der Waals surface area contributed by atoms with Crippen LogP contribution in [-0.2, 0) is 17.6 Å². The first-order chi connectivity index (χ1) is 13.6. The topological polar surface area (TPSA) is 52.9 Å². The molecule has 4 fully saturated rings. The lowest BCUT2D eigenvalue weighted by molar-refractivity contribution is -0.140. The van der Waals surface area contributed by atoms with Crippen LogP contribution in [-0.4, -0.2) is 5.91 Å². The summed E-state index contributed by atoms with van der Waals surface area (Å²) >= 11 is 1.61. The number of thiophene rings is 1. The summed E-state index contributed by atoms with van der Waals surface area (Å²) in [5.74, 6) is 2.43. The molecule has 0 saturated heterocycles. The molecular weight excluding hydrogens is 364 g/mol. The summed E-state index contributed by atoms with van der Waals surface area (Å²) in [7, 11) is 0. The van der Waals surface area contributed by atoms with Crippen LogP contribution >= 0.6 is 11.3 Å². The molecule has 5 aliphatic rings. The van der Waals surface area contributed by atoms with Gasteiger partial charge in [-0.2, -0.15) is 5.26 Å². The highest BCUT2D eigenvalue weighted by Gasteiger charge is 2.54. The minimum absolute atomic E-state index is 0.177. The Bertz CT molecular complexity index is 992. The Morgan fingerprint density at radius 3 is 2.43 bits per heavy atom. The third-order valence-corrected chi connectivity index (χ3v) is 8.95. The van der Waals surface area contributed by atoms with Crippen LogP contribution in [0.5, 0.6) is 0 Å². The van der Waals surface area contributed by atoms with Gasteiger partial charge in [-0.05, 0) is 85.8 Å². The van der Waals surface area contributed by atoms with Crippen LogP contribution in [0.15, 0.2) is 24.3 Å². The molecule has 142 valence electrons. The third kappa shape index (κ3) is 2.35. The van der Waals surface area contributed by atoms with Crippen molar-refractivity contribution in [3.63, 3.8) is 0 Å². The molecule has 4 heteroatoms. The Kier molecular flexibility index (Phi) is 3.56. The predicted octanol–water partition coefficient (Wildman–Crippen LogP) is 5.54. The molecular formula is C24H24N2OS. The van der Waals surface area contributed by atoms with Gasteiger partial charge in [-0.15, -0.1) is 11.3 Å². The van der Waals surface area contributed by atoms with Crippen molar-refractivity contribution in [2.75, 3.05) is 5.32 Å². The van der Waals surface area contributed by atoms with E-state index in [0.29, 0.717) is 5.56 Å². The lowest BCUT2D eigenvalue weighted by atomic mass is 9.49. The highest BCUT2D eigenvalue weighted by atomic mass is 32.1. The van der Waals surface area contributed by atoms with Crippen LogP contribution in [0.3, 0.4) is 0 Å².